The summed E-state index contributed by atoms with van der Waals surface area (Å²) in [6.07, 6.45) is 2.20. The second-order valence-electron chi connectivity index (χ2n) is 5.16. The van der Waals surface area contributed by atoms with Gasteiger partial charge in [-0.3, -0.25) is 4.79 Å². The smallest absolute Gasteiger partial charge is 0.248 e. The molecule has 3 nitrogen and oxygen atoms in total. The van der Waals surface area contributed by atoms with Crippen molar-refractivity contribution in [3.63, 3.8) is 0 Å². The van der Waals surface area contributed by atoms with Crippen LogP contribution in [0.3, 0.4) is 0 Å². The van der Waals surface area contributed by atoms with Crippen molar-refractivity contribution < 1.29 is 18.7 Å². The summed E-state index contributed by atoms with van der Waals surface area (Å²) in [6.45, 7) is 0.543. The maximum absolute atomic E-state index is 13.3. The van der Waals surface area contributed by atoms with Gasteiger partial charge in [0.2, 0.25) is 11.8 Å². The molecule has 98 valence electrons. The van der Waals surface area contributed by atoms with Crippen LogP contribution < -0.4 is 0 Å². The Balaban J connectivity index is 1.99. The lowest BCUT2D eigenvalue weighted by molar-refractivity contribution is -0.144. The monoisotopic (exact) mass is 247 g/mol. The second-order valence-corrected chi connectivity index (χ2v) is 5.16. The number of hydrogen-bond acceptors (Lipinski definition) is 2. The van der Waals surface area contributed by atoms with Gasteiger partial charge in [0.05, 0.1) is 12.6 Å². The molecule has 2 aliphatic rings. The molecule has 0 aromatic rings. The molecule has 2 fully saturated rings. The largest absolute Gasteiger partial charge is 0.394 e. The summed E-state index contributed by atoms with van der Waals surface area (Å²) in [5.74, 6) is -3.42. The van der Waals surface area contributed by atoms with E-state index in [-0.39, 0.29) is 31.4 Å². The van der Waals surface area contributed by atoms with Crippen LogP contribution in [0.1, 0.15) is 38.5 Å². The molecule has 5 heteroatoms. The summed E-state index contributed by atoms with van der Waals surface area (Å²) in [5.41, 5.74) is 0. The highest BCUT2D eigenvalue weighted by molar-refractivity contribution is 5.79. The van der Waals surface area contributed by atoms with Crippen LogP contribution in [-0.2, 0) is 4.79 Å². The zero-order valence-electron chi connectivity index (χ0n) is 9.87. The summed E-state index contributed by atoms with van der Waals surface area (Å²) in [4.78, 5) is 13.7. The minimum Gasteiger partial charge on any atom is -0.394 e. The molecule has 1 unspecified atom stereocenters. The van der Waals surface area contributed by atoms with Crippen molar-refractivity contribution in [2.24, 2.45) is 5.92 Å². The standard InChI is InChI=1S/C12H19F2NO2/c13-12(14)5-1-3-9(7-12)11(17)15-6-2-4-10(15)8-16/h9-10,16H,1-8H2/t9?,10-/m0/s1. The van der Waals surface area contributed by atoms with Crippen LogP contribution >= 0.6 is 0 Å². The maximum atomic E-state index is 13.3. The number of amides is 1. The summed E-state index contributed by atoms with van der Waals surface area (Å²) in [7, 11) is 0. The third-order valence-electron chi connectivity index (χ3n) is 3.86. The molecule has 1 saturated heterocycles. The van der Waals surface area contributed by atoms with Crippen molar-refractivity contribution in [2.75, 3.05) is 13.2 Å². The number of hydrogen-bond donors (Lipinski definition) is 1. The third kappa shape index (κ3) is 2.76. The van der Waals surface area contributed by atoms with Gasteiger partial charge in [-0.2, -0.15) is 0 Å². The van der Waals surface area contributed by atoms with E-state index in [1.165, 1.54) is 0 Å². The summed E-state index contributed by atoms with van der Waals surface area (Å²) in [6, 6.07) is -0.155. The zero-order chi connectivity index (χ0) is 12.5. The van der Waals surface area contributed by atoms with Crippen LogP contribution in [0.5, 0.6) is 0 Å². The van der Waals surface area contributed by atoms with E-state index in [1.54, 1.807) is 4.90 Å². The Hall–Kier alpha value is -0.710. The van der Waals surface area contributed by atoms with Gasteiger partial charge in [-0.15, -0.1) is 0 Å². The van der Waals surface area contributed by atoms with E-state index in [9.17, 15) is 13.6 Å². The highest BCUT2D eigenvalue weighted by Gasteiger charge is 2.42. The molecule has 0 aromatic carbocycles. The van der Waals surface area contributed by atoms with Gasteiger partial charge in [-0.1, -0.05) is 0 Å². The lowest BCUT2D eigenvalue weighted by Gasteiger charge is -2.32. The topological polar surface area (TPSA) is 40.5 Å². The molecule has 0 spiro atoms. The van der Waals surface area contributed by atoms with Crippen LogP contribution in [-0.4, -0.2) is 41.0 Å². The van der Waals surface area contributed by atoms with E-state index in [0.717, 1.165) is 12.8 Å². The van der Waals surface area contributed by atoms with E-state index in [2.05, 4.69) is 0 Å². The zero-order valence-corrected chi connectivity index (χ0v) is 9.87. The van der Waals surface area contributed by atoms with E-state index in [0.29, 0.717) is 19.4 Å². The number of aliphatic hydroxyl groups excluding tert-OH is 1. The van der Waals surface area contributed by atoms with Crippen molar-refractivity contribution in [3.05, 3.63) is 0 Å². The Morgan fingerprint density at radius 2 is 2.12 bits per heavy atom. The van der Waals surface area contributed by atoms with E-state index in [1.807, 2.05) is 0 Å². The van der Waals surface area contributed by atoms with Crippen molar-refractivity contribution in [1.82, 2.24) is 4.90 Å². The van der Waals surface area contributed by atoms with Gasteiger partial charge in [-0.05, 0) is 25.7 Å². The molecular weight excluding hydrogens is 228 g/mol. The lowest BCUT2D eigenvalue weighted by Crippen LogP contribution is -2.44. The summed E-state index contributed by atoms with van der Waals surface area (Å²) in [5, 5.41) is 9.14. The predicted molar refractivity (Wildman–Crippen MR) is 58.7 cm³/mol. The fraction of sp³-hybridized carbons (Fsp3) is 0.917. The Bertz CT molecular complexity index is 296. The van der Waals surface area contributed by atoms with Gasteiger partial charge in [0.15, 0.2) is 0 Å². The number of halogens is 2. The van der Waals surface area contributed by atoms with E-state index in [4.69, 9.17) is 5.11 Å². The van der Waals surface area contributed by atoms with Crippen molar-refractivity contribution in [1.29, 1.82) is 0 Å². The first-order valence-electron chi connectivity index (χ1n) is 6.33. The number of likely N-dealkylation sites (tertiary alicyclic amines) is 1. The minimum absolute atomic E-state index is 0.0607. The average Bonchev–Trinajstić information content (AvgIpc) is 2.74. The van der Waals surface area contributed by atoms with Gasteiger partial charge in [0, 0.05) is 25.3 Å². The Morgan fingerprint density at radius 1 is 1.35 bits per heavy atom. The van der Waals surface area contributed by atoms with Gasteiger partial charge >= 0.3 is 0 Å². The normalized spacial score (nSPS) is 32.8. The lowest BCUT2D eigenvalue weighted by atomic mass is 9.85. The first-order valence-corrected chi connectivity index (χ1v) is 6.33. The molecule has 2 atom stereocenters. The summed E-state index contributed by atoms with van der Waals surface area (Å²) < 4.78 is 26.5. The predicted octanol–water partition coefficient (Wildman–Crippen LogP) is 1.80. The molecule has 17 heavy (non-hydrogen) atoms. The molecule has 1 N–H and O–H groups in total. The van der Waals surface area contributed by atoms with Crippen LogP contribution in [0.15, 0.2) is 0 Å². The Kier molecular flexibility index (Phi) is 3.66. The average molecular weight is 247 g/mol. The van der Waals surface area contributed by atoms with Gasteiger partial charge < -0.3 is 10.0 Å². The maximum Gasteiger partial charge on any atom is 0.248 e. The first-order chi connectivity index (χ1) is 8.03. The van der Waals surface area contributed by atoms with Crippen LogP contribution in [0.25, 0.3) is 0 Å². The van der Waals surface area contributed by atoms with Crippen LogP contribution in [0.2, 0.25) is 0 Å². The molecule has 0 radical (unpaired) electrons. The van der Waals surface area contributed by atoms with E-state index >= 15 is 0 Å². The molecule has 1 aliphatic heterocycles. The first kappa shape index (κ1) is 12.7. The molecular formula is C12H19F2NO2. The summed E-state index contributed by atoms with van der Waals surface area (Å²) >= 11 is 0. The van der Waals surface area contributed by atoms with Crippen molar-refractivity contribution in [3.8, 4) is 0 Å². The molecule has 0 bridgehead atoms. The Labute approximate surface area is 99.8 Å². The van der Waals surface area contributed by atoms with Crippen LogP contribution in [0.4, 0.5) is 8.78 Å². The second kappa shape index (κ2) is 4.88. The molecule has 0 aromatic heterocycles. The van der Waals surface area contributed by atoms with Crippen LogP contribution in [0, 0.1) is 5.92 Å². The van der Waals surface area contributed by atoms with Gasteiger partial charge in [0.1, 0.15) is 0 Å². The van der Waals surface area contributed by atoms with Crippen molar-refractivity contribution in [2.45, 2.75) is 50.5 Å². The molecule has 2 rings (SSSR count). The fourth-order valence-electron chi connectivity index (χ4n) is 2.93. The number of aliphatic hydroxyl groups is 1. The SMILES string of the molecule is O=C(C1CCCC(F)(F)C1)N1CCC[C@H]1CO. The number of carbonyl (C=O) groups excluding carboxylic acids is 1. The molecule has 1 amide bonds. The van der Waals surface area contributed by atoms with Crippen molar-refractivity contribution >= 4 is 5.91 Å². The van der Waals surface area contributed by atoms with Gasteiger partial charge in [-0.25, -0.2) is 8.78 Å². The fourth-order valence-corrected chi connectivity index (χ4v) is 2.93. The number of carbonyl (C=O) groups is 1. The molecule has 1 heterocycles. The van der Waals surface area contributed by atoms with Gasteiger partial charge in [0.25, 0.3) is 0 Å². The highest BCUT2D eigenvalue weighted by Crippen LogP contribution is 2.38. The minimum atomic E-state index is -2.69. The van der Waals surface area contributed by atoms with E-state index < -0.39 is 11.8 Å². The third-order valence-corrected chi connectivity index (χ3v) is 3.86. The Morgan fingerprint density at radius 3 is 2.76 bits per heavy atom. The number of alkyl halides is 2. The highest BCUT2D eigenvalue weighted by atomic mass is 19.3. The number of nitrogens with zero attached hydrogens (tertiary/aromatic N) is 1. The molecule has 1 saturated carbocycles. The molecule has 1 aliphatic carbocycles. The quantitative estimate of drug-likeness (QED) is 0.808. The number of rotatable bonds is 2.